The van der Waals surface area contributed by atoms with Crippen molar-refractivity contribution in [1.82, 2.24) is 15.1 Å². The number of nitrogens with zero attached hydrogens (tertiary/aromatic N) is 3. The minimum Gasteiger partial charge on any atom is -0.497 e. The number of methoxy groups -OCH3 is 1. The summed E-state index contributed by atoms with van der Waals surface area (Å²) < 4.78 is 24.0. The number of urea groups is 1. The Morgan fingerprint density at radius 3 is 2.73 bits per heavy atom. The van der Waals surface area contributed by atoms with Crippen molar-refractivity contribution >= 4 is 11.7 Å². The van der Waals surface area contributed by atoms with E-state index < -0.39 is 11.8 Å². The Labute approximate surface area is 127 Å². The van der Waals surface area contributed by atoms with Crippen LogP contribution in [-0.4, -0.2) is 35.3 Å². The Kier molecular flexibility index (Phi) is 4.92. The number of nitrogens with one attached hydrogen (secondary N) is 1. The average molecular weight is 308 g/mol. The highest BCUT2D eigenvalue weighted by Crippen LogP contribution is 2.20. The van der Waals surface area contributed by atoms with Gasteiger partial charge in [0.2, 0.25) is 11.8 Å². The molecule has 0 atom stereocenters. The summed E-state index contributed by atoms with van der Waals surface area (Å²) in [7, 11) is 2.99. The molecule has 1 aromatic heterocycles. The number of aryl methyl sites for hydroxylation is 1. The standard InChI is InChI=1S/C14H17FN4O3/c1-4-12-17-18-13(22-12)8-19(2)14(20)16-11-6-5-9(21-3)7-10(11)15/h5-7H,4,8H2,1-3H3,(H,16,20). The van der Waals surface area contributed by atoms with Gasteiger partial charge in [-0.25, -0.2) is 9.18 Å². The normalized spacial score (nSPS) is 10.4. The van der Waals surface area contributed by atoms with Crippen molar-refractivity contribution in [3.63, 3.8) is 0 Å². The monoisotopic (exact) mass is 308 g/mol. The Balaban J connectivity index is 1.99. The predicted octanol–water partition coefficient (Wildman–Crippen LogP) is 2.44. The van der Waals surface area contributed by atoms with Crippen LogP contribution in [0.5, 0.6) is 5.75 Å². The van der Waals surface area contributed by atoms with Gasteiger partial charge < -0.3 is 19.4 Å². The van der Waals surface area contributed by atoms with Crippen LogP contribution in [0.2, 0.25) is 0 Å². The molecule has 0 spiro atoms. The zero-order chi connectivity index (χ0) is 16.1. The zero-order valence-corrected chi connectivity index (χ0v) is 12.6. The van der Waals surface area contributed by atoms with E-state index in [1.165, 1.54) is 24.1 Å². The van der Waals surface area contributed by atoms with Gasteiger partial charge in [0.05, 0.1) is 12.8 Å². The Hall–Kier alpha value is -2.64. The largest absolute Gasteiger partial charge is 0.497 e. The second-order valence-corrected chi connectivity index (χ2v) is 4.58. The van der Waals surface area contributed by atoms with Gasteiger partial charge >= 0.3 is 6.03 Å². The molecular weight excluding hydrogens is 291 g/mol. The molecule has 1 heterocycles. The average Bonchev–Trinajstić information content (AvgIpc) is 2.96. The van der Waals surface area contributed by atoms with Gasteiger partial charge in [0.25, 0.3) is 0 Å². The Morgan fingerprint density at radius 1 is 1.41 bits per heavy atom. The van der Waals surface area contributed by atoms with Crippen LogP contribution in [0.15, 0.2) is 22.6 Å². The minimum atomic E-state index is -0.577. The van der Waals surface area contributed by atoms with E-state index in [0.29, 0.717) is 24.0 Å². The van der Waals surface area contributed by atoms with Crippen LogP contribution in [0.1, 0.15) is 18.7 Å². The molecule has 2 amide bonds. The summed E-state index contributed by atoms with van der Waals surface area (Å²) in [6.07, 6.45) is 0.625. The molecule has 0 saturated carbocycles. The number of benzene rings is 1. The summed E-state index contributed by atoms with van der Waals surface area (Å²) in [5.74, 6) is 0.628. The molecule has 118 valence electrons. The number of halogens is 1. The molecule has 22 heavy (non-hydrogen) atoms. The SMILES string of the molecule is CCc1nnc(CN(C)C(=O)Nc2ccc(OC)cc2F)o1. The minimum absolute atomic E-state index is 0.0671. The molecule has 0 fully saturated rings. The first kappa shape index (κ1) is 15.7. The number of carbonyl (C=O) groups is 1. The first-order valence-corrected chi connectivity index (χ1v) is 6.70. The van der Waals surface area contributed by atoms with Crippen molar-refractivity contribution in [2.45, 2.75) is 19.9 Å². The van der Waals surface area contributed by atoms with Gasteiger partial charge in [0, 0.05) is 19.5 Å². The fraction of sp³-hybridized carbons (Fsp3) is 0.357. The van der Waals surface area contributed by atoms with E-state index in [1.807, 2.05) is 6.92 Å². The van der Waals surface area contributed by atoms with E-state index in [9.17, 15) is 9.18 Å². The number of hydrogen-bond acceptors (Lipinski definition) is 5. The molecule has 2 aromatic rings. The smallest absolute Gasteiger partial charge is 0.322 e. The molecule has 0 aliphatic rings. The molecule has 1 N–H and O–H groups in total. The first-order chi connectivity index (χ1) is 10.5. The second kappa shape index (κ2) is 6.88. The molecule has 2 rings (SSSR count). The lowest BCUT2D eigenvalue weighted by Gasteiger charge is -2.16. The molecule has 8 heteroatoms. The third kappa shape index (κ3) is 3.72. The van der Waals surface area contributed by atoms with Crippen molar-refractivity contribution in [3.05, 3.63) is 35.8 Å². The van der Waals surface area contributed by atoms with Crippen molar-refractivity contribution in [2.75, 3.05) is 19.5 Å². The second-order valence-electron chi connectivity index (χ2n) is 4.58. The van der Waals surface area contributed by atoms with Crippen LogP contribution < -0.4 is 10.1 Å². The van der Waals surface area contributed by atoms with E-state index in [-0.39, 0.29) is 12.2 Å². The summed E-state index contributed by atoms with van der Waals surface area (Å²) in [5.41, 5.74) is 0.0671. The van der Waals surface area contributed by atoms with Gasteiger partial charge in [-0.1, -0.05) is 6.92 Å². The van der Waals surface area contributed by atoms with Crippen LogP contribution in [-0.2, 0) is 13.0 Å². The highest BCUT2D eigenvalue weighted by Gasteiger charge is 2.15. The maximum Gasteiger partial charge on any atom is 0.322 e. The number of hydrogen-bond donors (Lipinski definition) is 1. The van der Waals surface area contributed by atoms with E-state index in [2.05, 4.69) is 15.5 Å². The number of anilines is 1. The van der Waals surface area contributed by atoms with Crippen LogP contribution in [0, 0.1) is 5.82 Å². The molecular formula is C14H17FN4O3. The summed E-state index contributed by atoms with van der Waals surface area (Å²) in [5, 5.41) is 10.1. The van der Waals surface area contributed by atoms with Crippen LogP contribution in [0.25, 0.3) is 0 Å². The highest BCUT2D eigenvalue weighted by molar-refractivity contribution is 5.89. The molecule has 0 unspecified atom stereocenters. The molecule has 0 aliphatic heterocycles. The summed E-state index contributed by atoms with van der Waals surface area (Å²) in [6.45, 7) is 2.02. The predicted molar refractivity (Wildman–Crippen MR) is 77.1 cm³/mol. The van der Waals surface area contributed by atoms with Gasteiger partial charge in [0.15, 0.2) is 0 Å². The van der Waals surface area contributed by atoms with Crippen molar-refractivity contribution < 1.29 is 18.3 Å². The molecule has 0 radical (unpaired) electrons. The zero-order valence-electron chi connectivity index (χ0n) is 12.6. The number of amides is 2. The van der Waals surface area contributed by atoms with Gasteiger partial charge in [-0.05, 0) is 12.1 Å². The van der Waals surface area contributed by atoms with Crippen LogP contribution >= 0.6 is 0 Å². The Morgan fingerprint density at radius 2 is 2.14 bits per heavy atom. The van der Waals surface area contributed by atoms with Gasteiger partial charge in [-0.15, -0.1) is 10.2 Å². The first-order valence-electron chi connectivity index (χ1n) is 6.70. The number of aromatic nitrogens is 2. The van der Waals surface area contributed by atoms with Crippen LogP contribution in [0.3, 0.4) is 0 Å². The summed E-state index contributed by atoms with van der Waals surface area (Å²) in [4.78, 5) is 13.3. The molecule has 0 aliphatic carbocycles. The lowest BCUT2D eigenvalue weighted by atomic mass is 10.3. The van der Waals surface area contributed by atoms with Gasteiger partial charge in [0.1, 0.15) is 18.1 Å². The fourth-order valence-electron chi connectivity index (χ4n) is 1.70. The molecule has 7 nitrogen and oxygen atoms in total. The number of carbonyl (C=O) groups excluding carboxylic acids is 1. The van der Waals surface area contributed by atoms with E-state index >= 15 is 0 Å². The topological polar surface area (TPSA) is 80.5 Å². The van der Waals surface area contributed by atoms with Crippen LogP contribution in [0.4, 0.5) is 14.9 Å². The molecule has 0 bridgehead atoms. The lowest BCUT2D eigenvalue weighted by Crippen LogP contribution is -2.31. The fourth-order valence-corrected chi connectivity index (χ4v) is 1.70. The maximum atomic E-state index is 13.8. The number of ether oxygens (including phenoxy) is 1. The summed E-state index contributed by atoms with van der Waals surface area (Å²) >= 11 is 0. The van der Waals surface area contributed by atoms with Crippen molar-refractivity contribution in [1.29, 1.82) is 0 Å². The van der Waals surface area contributed by atoms with Gasteiger partial charge in [-0.3, -0.25) is 0 Å². The summed E-state index contributed by atoms with van der Waals surface area (Å²) in [6, 6.07) is 3.70. The number of rotatable bonds is 5. The van der Waals surface area contributed by atoms with Gasteiger partial charge in [-0.2, -0.15) is 0 Å². The third-order valence-electron chi connectivity index (χ3n) is 2.95. The Bertz CT molecular complexity index is 659. The van der Waals surface area contributed by atoms with Crippen molar-refractivity contribution in [2.24, 2.45) is 0 Å². The third-order valence-corrected chi connectivity index (χ3v) is 2.95. The van der Waals surface area contributed by atoms with E-state index in [0.717, 1.165) is 0 Å². The highest BCUT2D eigenvalue weighted by atomic mass is 19.1. The molecule has 0 saturated heterocycles. The molecule has 1 aromatic carbocycles. The maximum absolute atomic E-state index is 13.8. The lowest BCUT2D eigenvalue weighted by molar-refractivity contribution is 0.215. The van der Waals surface area contributed by atoms with E-state index in [4.69, 9.17) is 9.15 Å². The van der Waals surface area contributed by atoms with E-state index in [1.54, 1.807) is 13.1 Å². The van der Waals surface area contributed by atoms with Crippen molar-refractivity contribution in [3.8, 4) is 5.75 Å². The quantitative estimate of drug-likeness (QED) is 0.917.